The van der Waals surface area contributed by atoms with E-state index in [0.717, 1.165) is 132 Å². The summed E-state index contributed by atoms with van der Waals surface area (Å²) in [5, 5.41) is 60.5. The molecule has 670 valence electrons. The molecule has 8 aromatic carbocycles. The first-order valence-corrected chi connectivity index (χ1v) is 45.1. The normalized spacial score (nSPS) is 20.0. The summed E-state index contributed by atoms with van der Waals surface area (Å²) in [6.45, 7) is 36.4. The minimum absolute atomic E-state index is 0.0461. The number of aromatic nitrogens is 1. The molecule has 1 amide bonds. The van der Waals surface area contributed by atoms with Crippen LogP contribution in [0.5, 0.6) is 34.5 Å². The number of ether oxygens (including phenoxy) is 2. The van der Waals surface area contributed by atoms with Crippen molar-refractivity contribution in [3.05, 3.63) is 273 Å². The molecule has 0 unspecified atom stereocenters. The van der Waals surface area contributed by atoms with E-state index in [2.05, 4.69) is 115 Å². The molecule has 5 fully saturated rings. The highest BCUT2D eigenvalue weighted by Gasteiger charge is 2.42. The van der Waals surface area contributed by atoms with Gasteiger partial charge in [-0.25, -0.2) is 0 Å². The molecule has 1 saturated heterocycles. The Bertz CT molecular complexity index is 4390. The lowest BCUT2D eigenvalue weighted by atomic mass is 9.60. The zero-order chi connectivity index (χ0) is 90.7. The molecule has 124 heavy (non-hydrogen) atoms. The molecule has 0 bridgehead atoms. The number of carbonyl (C=O) groups excluding carboxylic acids is 3. The topological polar surface area (TPSA) is 297 Å². The van der Waals surface area contributed by atoms with E-state index < -0.39 is 0 Å². The van der Waals surface area contributed by atoms with E-state index in [1.54, 1.807) is 66.9 Å². The van der Waals surface area contributed by atoms with Crippen LogP contribution in [0.3, 0.4) is 0 Å². The molecule has 0 spiro atoms. The van der Waals surface area contributed by atoms with Gasteiger partial charge in [-0.15, -0.1) is 0 Å². The van der Waals surface area contributed by atoms with Crippen LogP contribution in [0.4, 0.5) is 5.69 Å². The molecule has 2 heterocycles. The number of rotatable bonds is 16. The molecular formula is C107H146N6O11. The lowest BCUT2D eigenvalue weighted by molar-refractivity contribution is -0.132. The fourth-order valence-electron chi connectivity index (χ4n) is 18.3. The van der Waals surface area contributed by atoms with Crippen LogP contribution in [0.1, 0.15) is 270 Å². The summed E-state index contributed by atoms with van der Waals surface area (Å²) >= 11 is 0. The van der Waals surface area contributed by atoms with E-state index in [9.17, 15) is 45.0 Å². The first-order chi connectivity index (χ1) is 58.6. The van der Waals surface area contributed by atoms with E-state index in [-0.39, 0.29) is 57.8 Å². The van der Waals surface area contributed by atoms with Gasteiger partial charge in [-0.05, 0) is 325 Å². The Morgan fingerprint density at radius 1 is 0.395 bits per heavy atom. The van der Waals surface area contributed by atoms with Gasteiger partial charge in [0.1, 0.15) is 34.5 Å². The molecule has 17 nitrogen and oxygen atoms in total. The lowest BCUT2D eigenvalue weighted by Gasteiger charge is -2.46. The molecule has 4 aliphatic carbocycles. The summed E-state index contributed by atoms with van der Waals surface area (Å²) in [7, 11) is 0. The maximum atomic E-state index is 11.7. The third-order valence-corrected chi connectivity index (χ3v) is 27.3. The molecule has 5 aliphatic rings. The predicted molar refractivity (Wildman–Crippen MR) is 504 cm³/mol. The minimum Gasteiger partial charge on any atom is -0.508 e. The number of esters is 2. The molecular weight excluding hydrogens is 1550 g/mol. The number of hydrogen-bond acceptors (Lipinski definition) is 16. The zero-order valence-corrected chi connectivity index (χ0v) is 77.0. The summed E-state index contributed by atoms with van der Waals surface area (Å²) < 4.78 is 10.1. The number of aryl methyl sites for hydroxylation is 4. The zero-order valence-electron chi connectivity index (χ0n) is 77.0. The van der Waals surface area contributed by atoms with Crippen LogP contribution < -0.4 is 32.0 Å². The summed E-state index contributed by atoms with van der Waals surface area (Å²) in [6, 6.07) is 62.3. The van der Waals surface area contributed by atoms with E-state index >= 15 is 0 Å². The highest BCUT2D eigenvalue weighted by molar-refractivity contribution is 6.04. The SMILES string of the molecule is CC(=O)Oc1ccc(C(C)(C)c2ccc(OC(C)=O)cc2)cc1.CC(C)(C1CCC(N)CC1)C1CCC(N)CC1.CC(C)(C1CCC(O)CC1)C1CCC(O)CC1.CC(C)(c1ccc(O)cc1)c1ccc(O)cc1.Cc1cc(C(C)(C)c2cc(C)c(O)c(C)c2)cc(C)c1O.NC1CCN(Cc2ccccc2)CC1.O=C(Nc1ccccc1)c1cccnc1. The molecule has 9 aromatic rings. The van der Waals surface area contributed by atoms with Gasteiger partial charge in [0.2, 0.25) is 0 Å². The Balaban J connectivity index is 0.000000180. The molecule has 14 rings (SSSR count). The first-order valence-electron chi connectivity index (χ1n) is 45.1. The van der Waals surface area contributed by atoms with Gasteiger partial charge in [0.25, 0.3) is 5.91 Å². The van der Waals surface area contributed by atoms with Crippen LogP contribution in [0.25, 0.3) is 0 Å². The number of hydrogen-bond donors (Lipinski definition) is 10. The summed E-state index contributed by atoms with van der Waals surface area (Å²) in [5.74, 6) is 4.85. The van der Waals surface area contributed by atoms with E-state index in [4.69, 9.17) is 26.7 Å². The largest absolute Gasteiger partial charge is 0.508 e. The number of phenolic OH excluding ortho intramolecular Hbond substituents is 4. The Kier molecular flexibility index (Phi) is 37.4. The molecule has 1 aromatic heterocycles. The number of piperidine rings is 1. The van der Waals surface area contributed by atoms with Crippen LogP contribution in [-0.2, 0) is 32.4 Å². The monoisotopic (exact) mass is 1690 g/mol. The van der Waals surface area contributed by atoms with Crippen LogP contribution >= 0.6 is 0 Å². The average molecular weight is 1690 g/mol. The smallest absolute Gasteiger partial charge is 0.308 e. The molecule has 1 aliphatic heterocycles. The van der Waals surface area contributed by atoms with Crippen molar-refractivity contribution in [3.8, 4) is 34.5 Å². The number of pyridine rings is 1. The minimum atomic E-state index is -0.335. The second kappa shape index (κ2) is 46.5. The van der Waals surface area contributed by atoms with Crippen molar-refractivity contribution in [2.24, 2.45) is 51.7 Å². The van der Waals surface area contributed by atoms with Crippen LogP contribution in [0.15, 0.2) is 207 Å². The summed E-state index contributed by atoms with van der Waals surface area (Å²) in [4.78, 5) is 40.0. The third-order valence-electron chi connectivity index (χ3n) is 27.3. The van der Waals surface area contributed by atoms with Gasteiger partial charge in [-0.1, -0.05) is 191 Å². The van der Waals surface area contributed by atoms with Crippen molar-refractivity contribution in [3.63, 3.8) is 0 Å². The van der Waals surface area contributed by atoms with Gasteiger partial charge >= 0.3 is 11.9 Å². The quantitative estimate of drug-likeness (QED) is 0.0318. The van der Waals surface area contributed by atoms with E-state index in [1.165, 1.54) is 114 Å². The Morgan fingerprint density at radius 3 is 1.02 bits per heavy atom. The van der Waals surface area contributed by atoms with Gasteiger partial charge in [-0.2, -0.15) is 0 Å². The highest BCUT2D eigenvalue weighted by Crippen LogP contribution is 2.50. The number of aliphatic hydroxyl groups excluding tert-OH is 2. The third kappa shape index (κ3) is 29.7. The van der Waals surface area contributed by atoms with Crippen molar-refractivity contribution in [2.75, 3.05) is 18.4 Å². The lowest BCUT2D eigenvalue weighted by Crippen LogP contribution is -2.40. The van der Waals surface area contributed by atoms with Crippen LogP contribution in [-0.4, -0.2) is 102 Å². The number of phenols is 4. The van der Waals surface area contributed by atoms with Crippen molar-refractivity contribution in [1.82, 2.24) is 9.88 Å². The average Bonchev–Trinajstić information content (AvgIpc) is 0.785. The van der Waals surface area contributed by atoms with Gasteiger partial charge in [-0.3, -0.25) is 24.3 Å². The number of aromatic hydroxyl groups is 4. The summed E-state index contributed by atoms with van der Waals surface area (Å²) in [6.07, 6.45) is 24.4. The van der Waals surface area contributed by atoms with E-state index in [1.807, 2.05) is 131 Å². The Hall–Kier alpha value is -9.72. The molecule has 4 saturated carbocycles. The standard InChI is InChI=1S/C19H20O4.C19H24O2.C15H30N2.C15H28O2.C15H16O2.C12H10N2O.C12H18N2/c1-13(20)22-17-9-5-15(6-10-17)19(3,4)16-7-11-18(12-8-16)23-14(2)21;1-11-7-15(8-12(2)17(11)20)19(5,6)16-9-13(3)18(21)14(4)10-16;3*1-15(2,11-3-7-13(16)8-4-11)12-5-9-14(17)10-6-12;15-12(10-5-4-8-13-9-10)14-11-6-2-1-3-7-11;13-12-6-8-14(9-7-12)10-11-4-2-1-3-5-11/h5-12H,1-4H3;7-10,20-21H,1-6H3;11-14H,3-10,16-17H2,1-2H3;11-14,16-17H,3-10H2,1-2H3;3-10,16-17H,1-2H3;1-9H,(H,14,15);1-5,12H,6-10,13H2. The number of para-hydroxylation sites is 1. The number of likely N-dealkylation sites (tertiary alicyclic amines) is 1. The number of benzene rings is 8. The van der Waals surface area contributed by atoms with Crippen molar-refractivity contribution < 1.29 is 54.5 Å². The molecule has 0 atom stereocenters. The Labute approximate surface area is 741 Å². The van der Waals surface area contributed by atoms with Gasteiger partial charge in [0, 0.05) is 72.8 Å². The number of nitrogens with zero attached hydrogens (tertiary/aromatic N) is 2. The van der Waals surface area contributed by atoms with Crippen molar-refractivity contribution in [2.45, 2.75) is 279 Å². The van der Waals surface area contributed by atoms with Crippen LogP contribution in [0, 0.1) is 62.2 Å². The van der Waals surface area contributed by atoms with E-state index in [0.29, 0.717) is 57.5 Å². The van der Waals surface area contributed by atoms with Crippen molar-refractivity contribution >= 4 is 23.5 Å². The van der Waals surface area contributed by atoms with Gasteiger partial charge in [0.15, 0.2) is 0 Å². The van der Waals surface area contributed by atoms with Crippen molar-refractivity contribution in [1.29, 1.82) is 0 Å². The number of aliphatic hydroxyl groups is 2. The van der Waals surface area contributed by atoms with Crippen LogP contribution in [0.2, 0.25) is 0 Å². The van der Waals surface area contributed by atoms with Gasteiger partial charge in [0.05, 0.1) is 17.8 Å². The fourth-order valence-corrected chi connectivity index (χ4v) is 18.3. The highest BCUT2D eigenvalue weighted by atomic mass is 16.5. The maximum Gasteiger partial charge on any atom is 0.308 e. The number of nitrogens with two attached hydrogens (primary N) is 3. The molecule has 17 heteroatoms. The number of carbonyl (C=O) groups is 3. The predicted octanol–water partition coefficient (Wildman–Crippen LogP) is 22.1. The molecule has 0 radical (unpaired) electrons. The number of nitrogens with one attached hydrogen (secondary N) is 1. The second-order valence-electron chi connectivity index (χ2n) is 38.2. The number of anilines is 1. The van der Waals surface area contributed by atoms with Gasteiger partial charge < -0.3 is 62.6 Å². The fraction of sp³-hybridized carbons (Fsp3) is 0.477. The second-order valence-corrected chi connectivity index (χ2v) is 38.2. The molecule has 13 N–H and O–H groups in total. The Morgan fingerprint density at radius 2 is 0.702 bits per heavy atom. The first kappa shape index (κ1) is 99.7. The number of amides is 1. The maximum absolute atomic E-state index is 11.7. The summed E-state index contributed by atoms with van der Waals surface area (Å²) in [5.41, 5.74) is 31.3.